The number of rotatable bonds is 12. The number of benzene rings is 1. The van der Waals surface area contributed by atoms with E-state index in [4.69, 9.17) is 14.5 Å². The summed E-state index contributed by atoms with van der Waals surface area (Å²) in [5, 5.41) is 11.2. The van der Waals surface area contributed by atoms with Gasteiger partial charge >= 0.3 is 5.97 Å². The number of carbonyl (C=O) groups excluding carboxylic acids is 1. The molecule has 2 N–H and O–H groups in total. The van der Waals surface area contributed by atoms with Gasteiger partial charge in [0.05, 0.1) is 22.3 Å². The number of alkyl halides is 1. The van der Waals surface area contributed by atoms with Gasteiger partial charge in [-0.05, 0) is 97.4 Å². The molecule has 37 heavy (non-hydrogen) atoms. The van der Waals surface area contributed by atoms with E-state index in [1.165, 1.54) is 6.21 Å². The molecule has 1 atom stereocenters. The van der Waals surface area contributed by atoms with E-state index in [1.54, 1.807) is 6.92 Å². The van der Waals surface area contributed by atoms with Crippen LogP contribution in [0.5, 0.6) is 5.75 Å². The number of carbonyl (C=O) groups is 1. The van der Waals surface area contributed by atoms with Crippen molar-refractivity contribution in [3.63, 3.8) is 0 Å². The minimum absolute atomic E-state index is 0.0196. The monoisotopic (exact) mass is 757 g/mol. The van der Waals surface area contributed by atoms with E-state index in [2.05, 4.69) is 79.8 Å². The van der Waals surface area contributed by atoms with Gasteiger partial charge in [-0.2, -0.15) is 0 Å². The maximum absolute atomic E-state index is 13.0. The maximum Gasteiger partial charge on any atom is 0.343 e. The zero-order valence-corrected chi connectivity index (χ0v) is 29.4. The van der Waals surface area contributed by atoms with Crippen molar-refractivity contribution in [1.82, 2.24) is 0 Å². The van der Waals surface area contributed by atoms with Gasteiger partial charge in [0.1, 0.15) is 17.1 Å². The number of esters is 1. The normalized spacial score (nSPS) is 14.6. The van der Waals surface area contributed by atoms with E-state index in [0.717, 1.165) is 27.7 Å². The fourth-order valence-electron chi connectivity index (χ4n) is 3.53. The highest BCUT2D eigenvalue weighted by Gasteiger charge is 2.39. The molecule has 0 heterocycles. The molecule has 0 bridgehead atoms. The third kappa shape index (κ3) is 10.1. The maximum atomic E-state index is 13.0. The summed E-state index contributed by atoms with van der Waals surface area (Å²) in [5.41, 5.74) is 1.27. The third-order valence-electron chi connectivity index (χ3n) is 6.75. The zero-order chi connectivity index (χ0) is 28.8. The molecule has 0 aliphatic heterocycles. The average Bonchev–Trinajstić information content (AvgIpc) is 2.74. The number of aliphatic hydroxyl groups excluding tert-OH is 1. The number of aliphatic hydroxyl groups is 1. The fraction of sp³-hybridized carbons (Fsp3) is 0.643. The summed E-state index contributed by atoms with van der Waals surface area (Å²) >= 11 is 4.42. The molecule has 0 radical (unpaired) electrons. The Bertz CT molecular complexity index is 992. The molecule has 6 nitrogen and oxygen atoms in total. The van der Waals surface area contributed by atoms with E-state index in [1.807, 2.05) is 39.1 Å². The summed E-state index contributed by atoms with van der Waals surface area (Å²) < 4.78 is 12.7. The Hall–Kier alpha value is -0.663. The first-order chi connectivity index (χ1) is 16.9. The predicted molar refractivity (Wildman–Crippen MR) is 174 cm³/mol. The van der Waals surface area contributed by atoms with Gasteiger partial charge in [0.25, 0.3) is 0 Å². The molecular formula is C28H45I2NO5Si. The van der Waals surface area contributed by atoms with E-state index >= 15 is 0 Å². The number of hydrogen-bond donors (Lipinski definition) is 2. The van der Waals surface area contributed by atoms with Crippen molar-refractivity contribution in [1.29, 1.82) is 0 Å². The first-order valence-corrected chi connectivity index (χ1v) is 18.3. The minimum Gasteiger partial charge on any atom is -0.506 e. The van der Waals surface area contributed by atoms with Crippen molar-refractivity contribution in [3.05, 3.63) is 32.4 Å². The van der Waals surface area contributed by atoms with E-state index in [-0.39, 0.29) is 40.5 Å². The molecule has 9 heteroatoms. The molecule has 1 rings (SSSR count). The van der Waals surface area contributed by atoms with Gasteiger partial charge in [0.2, 0.25) is 0 Å². The van der Waals surface area contributed by atoms with Crippen molar-refractivity contribution in [2.24, 2.45) is 10.4 Å². The quantitative estimate of drug-likeness (QED) is 0.0429. The van der Waals surface area contributed by atoms with Crippen LogP contribution in [0.1, 0.15) is 79.4 Å². The van der Waals surface area contributed by atoms with Gasteiger partial charge < -0.3 is 19.4 Å². The van der Waals surface area contributed by atoms with Crippen LogP contribution in [0, 0.1) is 8.99 Å². The standard InChI is InChI=1S/C28H45I2NO5Si/c1-11-35-26(33)21(17-31-24(27(4,5)6)12-13-28(7,8)37(9,10)34)25(32)20-15-22(30)23(36-18(2)3)14-19(20)16-29/h14-15,17-18,24,32,34H,11-13,16H2,1-10H3/t24-/m1/s1. The van der Waals surface area contributed by atoms with Crippen LogP contribution in [-0.2, 0) is 14.0 Å². The lowest BCUT2D eigenvalue weighted by molar-refractivity contribution is -0.137. The highest BCUT2D eigenvalue weighted by Crippen LogP contribution is 2.42. The van der Waals surface area contributed by atoms with Crippen molar-refractivity contribution < 1.29 is 24.2 Å². The lowest BCUT2D eigenvalue weighted by atomic mass is 9.83. The van der Waals surface area contributed by atoms with Gasteiger partial charge in [0, 0.05) is 16.2 Å². The Morgan fingerprint density at radius 1 is 1.19 bits per heavy atom. The molecule has 210 valence electrons. The second-order valence-corrected chi connectivity index (χ2v) is 18.3. The third-order valence-corrected chi connectivity index (χ3v) is 12.0. The van der Waals surface area contributed by atoms with Gasteiger partial charge in [-0.3, -0.25) is 4.99 Å². The molecule has 0 spiro atoms. The molecule has 1 aromatic carbocycles. The highest BCUT2D eigenvalue weighted by atomic mass is 127. The molecule has 0 unspecified atom stereocenters. The van der Waals surface area contributed by atoms with E-state index < -0.39 is 14.3 Å². The minimum atomic E-state index is -2.36. The van der Waals surface area contributed by atoms with E-state index in [9.17, 15) is 14.7 Å². The number of hydrogen-bond acceptors (Lipinski definition) is 6. The van der Waals surface area contributed by atoms with Crippen LogP contribution >= 0.6 is 45.2 Å². The number of aliphatic imine (C=N–C) groups is 1. The van der Waals surface area contributed by atoms with Crippen LogP contribution in [0.4, 0.5) is 0 Å². The second-order valence-electron chi connectivity index (χ2n) is 11.9. The Morgan fingerprint density at radius 3 is 2.24 bits per heavy atom. The molecule has 0 amide bonds. The van der Waals surface area contributed by atoms with Crippen molar-refractivity contribution in [2.75, 3.05) is 6.61 Å². The van der Waals surface area contributed by atoms with Gasteiger partial charge in [-0.25, -0.2) is 4.79 Å². The molecule has 0 saturated carbocycles. The lowest BCUT2D eigenvalue weighted by Gasteiger charge is -2.37. The molecule has 0 fully saturated rings. The Labute approximate surface area is 252 Å². The summed E-state index contributed by atoms with van der Waals surface area (Å²) in [7, 11) is -2.36. The average molecular weight is 758 g/mol. The zero-order valence-electron chi connectivity index (χ0n) is 24.0. The van der Waals surface area contributed by atoms with Crippen LogP contribution in [0.15, 0.2) is 22.7 Å². The molecule has 0 aromatic heterocycles. The van der Waals surface area contributed by atoms with Gasteiger partial charge in [-0.15, -0.1) is 0 Å². The summed E-state index contributed by atoms with van der Waals surface area (Å²) in [6.45, 7) is 20.3. The van der Waals surface area contributed by atoms with Gasteiger partial charge in [-0.1, -0.05) is 57.2 Å². The fourth-order valence-corrected chi connectivity index (χ4v) is 5.52. The van der Waals surface area contributed by atoms with Crippen molar-refractivity contribution in [3.8, 4) is 5.75 Å². The van der Waals surface area contributed by atoms with Crippen LogP contribution in [-0.4, -0.2) is 49.2 Å². The molecule has 1 aromatic rings. The second kappa shape index (κ2) is 14.1. The number of nitrogens with zero attached hydrogens (tertiary/aromatic N) is 1. The number of halogens is 2. The SMILES string of the molecule is CCOC(=O)C(C=N[C@H](CCC(C)(C)[Si](C)(C)O)C(C)(C)C)=C(O)c1cc(I)c(OC(C)C)cc1CI. The molecule has 0 aliphatic carbocycles. The molecule has 0 aliphatic rings. The smallest absolute Gasteiger partial charge is 0.343 e. The van der Waals surface area contributed by atoms with Crippen LogP contribution in [0.3, 0.4) is 0 Å². The first kappa shape index (κ1) is 34.4. The van der Waals surface area contributed by atoms with Crippen LogP contribution < -0.4 is 4.74 Å². The highest BCUT2D eigenvalue weighted by molar-refractivity contribution is 14.1. The number of ether oxygens (including phenoxy) is 2. The van der Waals surface area contributed by atoms with Gasteiger partial charge in [0.15, 0.2) is 8.32 Å². The van der Waals surface area contributed by atoms with E-state index in [0.29, 0.717) is 9.99 Å². The topological polar surface area (TPSA) is 88.4 Å². The van der Waals surface area contributed by atoms with Crippen LogP contribution in [0.25, 0.3) is 5.76 Å². The summed E-state index contributed by atoms with van der Waals surface area (Å²) in [6, 6.07) is 3.64. The van der Waals surface area contributed by atoms with Crippen molar-refractivity contribution >= 4 is 71.4 Å². The van der Waals surface area contributed by atoms with Crippen LogP contribution in [0.2, 0.25) is 18.1 Å². The lowest BCUT2D eigenvalue weighted by Crippen LogP contribution is -2.40. The Balaban J connectivity index is 3.58. The largest absolute Gasteiger partial charge is 0.506 e. The summed E-state index contributed by atoms with van der Waals surface area (Å²) in [4.78, 5) is 28.5. The first-order valence-electron chi connectivity index (χ1n) is 12.8. The van der Waals surface area contributed by atoms with Crippen molar-refractivity contribution in [2.45, 2.75) is 103 Å². The summed E-state index contributed by atoms with van der Waals surface area (Å²) in [6.07, 6.45) is 3.05. The molecule has 0 saturated heterocycles. The Kier molecular flexibility index (Phi) is 13.1. The Morgan fingerprint density at radius 2 is 1.78 bits per heavy atom. The summed E-state index contributed by atoms with van der Waals surface area (Å²) in [5.74, 6) is -0.0201. The molecular weight excluding hydrogens is 712 g/mol. The predicted octanol–water partition coefficient (Wildman–Crippen LogP) is 8.09.